The topological polar surface area (TPSA) is 110 Å². The van der Waals surface area contributed by atoms with Crippen molar-refractivity contribution in [3.8, 4) is 22.1 Å². The number of rotatable bonds is 7. The number of sulfonamides is 1. The van der Waals surface area contributed by atoms with Crippen molar-refractivity contribution in [3.63, 3.8) is 0 Å². The van der Waals surface area contributed by atoms with Crippen molar-refractivity contribution in [2.24, 2.45) is 5.14 Å². The molecular weight excluding hydrogens is 446 g/mol. The zero-order valence-electron chi connectivity index (χ0n) is 17.4. The second-order valence-corrected chi connectivity index (χ2v) is 9.57. The van der Waals surface area contributed by atoms with Crippen molar-refractivity contribution < 1.29 is 13.2 Å². The number of primary sulfonamides is 1. The van der Waals surface area contributed by atoms with E-state index in [1.165, 1.54) is 23.5 Å². The number of ether oxygens (including phenoxy) is 1. The van der Waals surface area contributed by atoms with Gasteiger partial charge < -0.3 is 15.0 Å². The van der Waals surface area contributed by atoms with Crippen LogP contribution in [-0.2, 0) is 10.0 Å². The normalized spacial score (nSPS) is 11.2. The fraction of sp³-hybridized carbons (Fsp3) is 0.0909. The van der Waals surface area contributed by atoms with Gasteiger partial charge in [-0.2, -0.15) is 0 Å². The number of hydrogen-bond donors (Lipinski definition) is 2. The summed E-state index contributed by atoms with van der Waals surface area (Å²) in [6.45, 7) is 0. The van der Waals surface area contributed by atoms with E-state index in [1.807, 2.05) is 49.3 Å². The Bertz CT molecular complexity index is 1340. The molecule has 2 aromatic carbocycles. The molecule has 0 aliphatic carbocycles. The number of pyridine rings is 1. The van der Waals surface area contributed by atoms with Crippen LogP contribution in [0.1, 0.15) is 0 Å². The second-order valence-electron chi connectivity index (χ2n) is 7.07. The van der Waals surface area contributed by atoms with Gasteiger partial charge in [-0.15, -0.1) is 0 Å². The number of aromatic nitrogens is 2. The van der Waals surface area contributed by atoms with Crippen LogP contribution in [0.25, 0.3) is 11.3 Å². The Labute approximate surface area is 190 Å². The van der Waals surface area contributed by atoms with Gasteiger partial charge in [0.15, 0.2) is 5.13 Å². The SMILES string of the molecule is CN(C)c1nc(-c2ccccc2)c(Oc2ccnc(Nc3cccc(S(N)(=O)=O)c3)c2)s1. The van der Waals surface area contributed by atoms with Crippen molar-refractivity contribution in [3.05, 3.63) is 72.9 Å². The molecule has 4 rings (SSSR count). The van der Waals surface area contributed by atoms with Crippen LogP contribution in [-0.4, -0.2) is 32.5 Å². The van der Waals surface area contributed by atoms with E-state index < -0.39 is 10.0 Å². The van der Waals surface area contributed by atoms with E-state index in [2.05, 4.69) is 10.3 Å². The molecule has 3 N–H and O–H groups in total. The van der Waals surface area contributed by atoms with Crippen molar-refractivity contribution in [2.75, 3.05) is 24.3 Å². The Morgan fingerprint density at radius 2 is 1.81 bits per heavy atom. The summed E-state index contributed by atoms with van der Waals surface area (Å²) in [5.74, 6) is 1.06. The number of nitrogens with one attached hydrogen (secondary N) is 1. The van der Waals surface area contributed by atoms with Crippen LogP contribution in [0.4, 0.5) is 16.6 Å². The number of nitrogens with zero attached hydrogens (tertiary/aromatic N) is 3. The molecule has 8 nitrogen and oxygen atoms in total. The van der Waals surface area contributed by atoms with Crippen molar-refractivity contribution >= 4 is 38.0 Å². The van der Waals surface area contributed by atoms with Crippen LogP contribution in [0, 0.1) is 0 Å². The standard InChI is InChI=1S/C22H21N5O3S2/c1-27(2)22-26-20(15-7-4-3-5-8-15)21(31-22)30-17-11-12-24-19(14-17)25-16-9-6-10-18(13-16)32(23,28)29/h3-14H,1-2H3,(H,24,25)(H2,23,28,29). The molecule has 0 saturated heterocycles. The van der Waals surface area contributed by atoms with Crippen molar-refractivity contribution in [1.82, 2.24) is 9.97 Å². The first kappa shape index (κ1) is 21.8. The molecular formula is C22H21N5O3S2. The maximum Gasteiger partial charge on any atom is 0.238 e. The maximum atomic E-state index is 11.6. The molecule has 0 unspecified atom stereocenters. The molecule has 0 bridgehead atoms. The Hall–Kier alpha value is -3.47. The molecule has 0 atom stereocenters. The highest BCUT2D eigenvalue weighted by Gasteiger charge is 2.17. The molecule has 0 aliphatic rings. The highest BCUT2D eigenvalue weighted by Crippen LogP contribution is 2.41. The molecule has 0 saturated carbocycles. The Balaban J connectivity index is 1.61. The minimum absolute atomic E-state index is 0.0169. The highest BCUT2D eigenvalue weighted by atomic mass is 32.2. The van der Waals surface area contributed by atoms with E-state index in [-0.39, 0.29) is 4.90 Å². The Kier molecular flexibility index (Phi) is 6.08. The summed E-state index contributed by atoms with van der Waals surface area (Å²) in [4.78, 5) is 11.0. The summed E-state index contributed by atoms with van der Waals surface area (Å²) in [7, 11) is 0.0671. The van der Waals surface area contributed by atoms with Gasteiger partial charge in [0, 0.05) is 37.6 Å². The number of benzene rings is 2. The highest BCUT2D eigenvalue weighted by molar-refractivity contribution is 7.89. The zero-order chi connectivity index (χ0) is 22.7. The third-order valence-corrected chi connectivity index (χ3v) is 6.40. The predicted octanol–water partition coefficient (Wildman–Crippen LogP) is 4.45. The van der Waals surface area contributed by atoms with Gasteiger partial charge in [-0.3, -0.25) is 0 Å². The van der Waals surface area contributed by atoms with E-state index in [0.29, 0.717) is 22.3 Å². The third-order valence-electron chi connectivity index (χ3n) is 4.39. The second kappa shape index (κ2) is 8.95. The molecule has 2 aromatic heterocycles. The number of thiazole rings is 1. The van der Waals surface area contributed by atoms with Crippen molar-refractivity contribution in [1.29, 1.82) is 0 Å². The Morgan fingerprint density at radius 3 is 2.53 bits per heavy atom. The summed E-state index contributed by atoms with van der Waals surface area (Å²) in [6, 6.07) is 19.5. The largest absolute Gasteiger partial charge is 0.444 e. The first-order valence-corrected chi connectivity index (χ1v) is 11.9. The van der Waals surface area contributed by atoms with Gasteiger partial charge in [-0.1, -0.05) is 47.7 Å². The summed E-state index contributed by atoms with van der Waals surface area (Å²) in [5, 5.41) is 9.78. The van der Waals surface area contributed by atoms with Crippen LogP contribution in [0.15, 0.2) is 77.8 Å². The lowest BCUT2D eigenvalue weighted by Gasteiger charge is -2.09. The van der Waals surface area contributed by atoms with Gasteiger partial charge in [0.1, 0.15) is 17.3 Å². The lowest BCUT2D eigenvalue weighted by molar-refractivity contribution is 0.496. The zero-order valence-corrected chi connectivity index (χ0v) is 19.0. The Morgan fingerprint density at radius 1 is 1.03 bits per heavy atom. The van der Waals surface area contributed by atoms with E-state index in [9.17, 15) is 8.42 Å². The van der Waals surface area contributed by atoms with Crippen LogP contribution >= 0.6 is 11.3 Å². The number of nitrogens with two attached hydrogens (primary N) is 1. The minimum atomic E-state index is -3.80. The van der Waals surface area contributed by atoms with Gasteiger partial charge in [-0.25, -0.2) is 23.5 Å². The van der Waals surface area contributed by atoms with E-state index >= 15 is 0 Å². The summed E-state index contributed by atoms with van der Waals surface area (Å²) < 4.78 is 29.4. The summed E-state index contributed by atoms with van der Waals surface area (Å²) in [6.07, 6.45) is 1.61. The molecule has 4 aromatic rings. The van der Waals surface area contributed by atoms with Gasteiger partial charge in [0.25, 0.3) is 0 Å². The lowest BCUT2D eigenvalue weighted by atomic mass is 10.2. The van der Waals surface area contributed by atoms with E-state index in [4.69, 9.17) is 14.9 Å². The van der Waals surface area contributed by atoms with Crippen LogP contribution in [0.2, 0.25) is 0 Å². The third kappa shape index (κ3) is 5.05. The molecule has 0 aliphatic heterocycles. The van der Waals surface area contributed by atoms with Gasteiger partial charge in [-0.05, 0) is 24.3 Å². The number of hydrogen-bond acceptors (Lipinski definition) is 8. The molecule has 0 spiro atoms. The summed E-state index contributed by atoms with van der Waals surface area (Å²) >= 11 is 1.44. The average Bonchev–Trinajstić information content (AvgIpc) is 3.18. The van der Waals surface area contributed by atoms with Crippen LogP contribution in [0.5, 0.6) is 10.8 Å². The quantitative estimate of drug-likeness (QED) is 0.413. The minimum Gasteiger partial charge on any atom is -0.444 e. The summed E-state index contributed by atoms with van der Waals surface area (Å²) in [5.41, 5.74) is 2.25. The van der Waals surface area contributed by atoms with Crippen LogP contribution < -0.4 is 20.1 Å². The van der Waals surface area contributed by atoms with Crippen LogP contribution in [0.3, 0.4) is 0 Å². The first-order chi connectivity index (χ1) is 15.3. The molecule has 10 heteroatoms. The maximum absolute atomic E-state index is 11.6. The molecule has 32 heavy (non-hydrogen) atoms. The number of anilines is 3. The molecule has 0 fully saturated rings. The average molecular weight is 468 g/mol. The van der Waals surface area contributed by atoms with Gasteiger partial charge in [0.2, 0.25) is 15.1 Å². The first-order valence-electron chi connectivity index (χ1n) is 9.57. The smallest absolute Gasteiger partial charge is 0.238 e. The van der Waals surface area contributed by atoms with Crippen molar-refractivity contribution in [2.45, 2.75) is 4.90 Å². The fourth-order valence-electron chi connectivity index (χ4n) is 2.88. The molecule has 0 amide bonds. The lowest BCUT2D eigenvalue weighted by Crippen LogP contribution is -2.12. The molecule has 2 heterocycles. The van der Waals surface area contributed by atoms with Gasteiger partial charge >= 0.3 is 0 Å². The van der Waals surface area contributed by atoms with Gasteiger partial charge in [0.05, 0.1) is 4.90 Å². The van der Waals surface area contributed by atoms with E-state index in [0.717, 1.165) is 16.4 Å². The monoisotopic (exact) mass is 467 g/mol. The molecule has 0 radical (unpaired) electrons. The molecule has 164 valence electrons. The van der Waals surface area contributed by atoms with E-state index in [1.54, 1.807) is 30.5 Å². The fourth-order valence-corrected chi connectivity index (χ4v) is 4.33. The predicted molar refractivity (Wildman–Crippen MR) is 127 cm³/mol.